The van der Waals surface area contributed by atoms with Crippen molar-refractivity contribution in [1.82, 2.24) is 0 Å². The Kier molecular flexibility index (Phi) is 4.82. The zero-order chi connectivity index (χ0) is 15.8. The van der Waals surface area contributed by atoms with Gasteiger partial charge in [0.1, 0.15) is 10.7 Å². The van der Waals surface area contributed by atoms with Gasteiger partial charge in [0.15, 0.2) is 0 Å². The highest BCUT2D eigenvalue weighted by molar-refractivity contribution is 9.11. The molecule has 0 radical (unpaired) electrons. The molecular weight excluding hydrogens is 450 g/mol. The first kappa shape index (κ1) is 16.5. The molecule has 21 heavy (non-hydrogen) atoms. The summed E-state index contributed by atoms with van der Waals surface area (Å²) in [6, 6.07) is 6.33. The number of halogens is 4. The lowest BCUT2D eigenvalue weighted by molar-refractivity contribution is 0.600. The van der Waals surface area contributed by atoms with E-state index in [-0.39, 0.29) is 25.8 Å². The summed E-state index contributed by atoms with van der Waals surface area (Å²) in [6.07, 6.45) is 0. The van der Waals surface area contributed by atoms with Crippen molar-refractivity contribution in [3.8, 4) is 0 Å². The van der Waals surface area contributed by atoms with Gasteiger partial charge in [0.2, 0.25) is 0 Å². The Hall–Kier alpha value is -0.830. The van der Waals surface area contributed by atoms with E-state index in [0.717, 1.165) is 6.07 Å². The molecule has 2 aromatic rings. The largest absolute Gasteiger partial charge is 0.398 e. The number of anilines is 2. The van der Waals surface area contributed by atoms with E-state index in [4.69, 9.17) is 17.3 Å². The molecule has 2 aromatic carbocycles. The fourth-order valence-corrected chi connectivity index (χ4v) is 4.40. The Morgan fingerprint density at radius 2 is 1.86 bits per heavy atom. The summed E-state index contributed by atoms with van der Waals surface area (Å²) in [4.78, 5) is -0.135. The van der Waals surface area contributed by atoms with Crippen molar-refractivity contribution in [3.05, 3.63) is 50.1 Å². The minimum Gasteiger partial charge on any atom is -0.398 e. The third-order valence-corrected chi connectivity index (χ3v) is 5.94. The van der Waals surface area contributed by atoms with E-state index >= 15 is 0 Å². The second kappa shape index (κ2) is 6.12. The van der Waals surface area contributed by atoms with Crippen LogP contribution in [0, 0.1) is 5.82 Å². The van der Waals surface area contributed by atoms with Crippen LogP contribution >= 0.6 is 43.5 Å². The van der Waals surface area contributed by atoms with E-state index in [0.29, 0.717) is 4.47 Å². The molecule has 2 rings (SSSR count). The van der Waals surface area contributed by atoms with Gasteiger partial charge >= 0.3 is 0 Å². The smallest absolute Gasteiger partial charge is 0.263 e. The molecule has 3 N–H and O–H groups in total. The second-order valence-corrected chi connectivity index (χ2v) is 7.77. The number of nitrogens with one attached hydrogen (secondary N) is 1. The summed E-state index contributed by atoms with van der Waals surface area (Å²) >= 11 is 12.1. The number of hydrogen-bond acceptors (Lipinski definition) is 3. The maximum absolute atomic E-state index is 13.2. The van der Waals surface area contributed by atoms with Crippen LogP contribution in [0.3, 0.4) is 0 Å². The van der Waals surface area contributed by atoms with Gasteiger partial charge in [0.05, 0.1) is 10.2 Å². The van der Waals surface area contributed by atoms with Crippen LogP contribution in [-0.4, -0.2) is 8.42 Å². The monoisotopic (exact) mass is 456 g/mol. The molecule has 0 aromatic heterocycles. The standard InChI is InChI=1S/C12H8Br2ClFN2O2S/c13-8-2-1-7(16)5-10(8)18-21(19,20)11-4-6(15)3-9(17)12(11)14/h1-5,18H,17H2. The summed E-state index contributed by atoms with van der Waals surface area (Å²) < 4.78 is 40.9. The van der Waals surface area contributed by atoms with Crippen molar-refractivity contribution in [1.29, 1.82) is 0 Å². The van der Waals surface area contributed by atoms with Crippen LogP contribution in [-0.2, 0) is 10.0 Å². The van der Waals surface area contributed by atoms with Gasteiger partial charge in [-0.1, -0.05) is 11.6 Å². The fraction of sp³-hybridized carbons (Fsp3) is 0. The summed E-state index contributed by atoms with van der Waals surface area (Å²) in [5.41, 5.74) is 5.92. The molecular formula is C12H8Br2ClFN2O2S. The molecule has 0 spiro atoms. The van der Waals surface area contributed by atoms with Crippen LogP contribution in [0.25, 0.3) is 0 Å². The Balaban J connectivity index is 2.51. The molecule has 0 saturated carbocycles. The normalized spacial score (nSPS) is 11.4. The van der Waals surface area contributed by atoms with Crippen LogP contribution < -0.4 is 10.5 Å². The Morgan fingerprint density at radius 1 is 1.19 bits per heavy atom. The van der Waals surface area contributed by atoms with Crippen LogP contribution in [0.15, 0.2) is 44.2 Å². The predicted octanol–water partition coefficient (Wildman–Crippen LogP) is 4.39. The molecule has 112 valence electrons. The topological polar surface area (TPSA) is 72.2 Å². The fourth-order valence-electron chi connectivity index (χ4n) is 1.56. The third-order valence-electron chi connectivity index (χ3n) is 2.49. The molecule has 0 atom stereocenters. The van der Waals surface area contributed by atoms with Gasteiger partial charge < -0.3 is 5.73 Å². The molecule has 4 nitrogen and oxygen atoms in total. The van der Waals surface area contributed by atoms with Crippen molar-refractivity contribution < 1.29 is 12.8 Å². The summed E-state index contributed by atoms with van der Waals surface area (Å²) in [5, 5.41) is 0.175. The van der Waals surface area contributed by atoms with Gasteiger partial charge in [0, 0.05) is 15.2 Å². The van der Waals surface area contributed by atoms with E-state index in [2.05, 4.69) is 36.6 Å². The minimum atomic E-state index is -3.99. The van der Waals surface area contributed by atoms with Crippen LogP contribution in [0.4, 0.5) is 15.8 Å². The zero-order valence-corrected chi connectivity index (χ0v) is 14.9. The molecule has 0 bridgehead atoms. The van der Waals surface area contributed by atoms with Crippen molar-refractivity contribution in [2.24, 2.45) is 0 Å². The number of benzene rings is 2. The number of rotatable bonds is 3. The first-order valence-corrected chi connectivity index (χ1v) is 8.88. The Morgan fingerprint density at radius 3 is 2.52 bits per heavy atom. The number of sulfonamides is 1. The van der Waals surface area contributed by atoms with Crippen molar-refractivity contribution in [2.45, 2.75) is 4.90 Å². The molecule has 0 unspecified atom stereocenters. The highest BCUT2D eigenvalue weighted by Gasteiger charge is 2.21. The van der Waals surface area contributed by atoms with Crippen LogP contribution in [0.5, 0.6) is 0 Å². The average Bonchev–Trinajstić information content (AvgIpc) is 2.37. The molecule has 9 heteroatoms. The summed E-state index contributed by atoms with van der Waals surface area (Å²) in [7, 11) is -3.99. The lowest BCUT2D eigenvalue weighted by Gasteiger charge is -2.12. The molecule has 0 aliphatic carbocycles. The van der Waals surface area contributed by atoms with Gasteiger partial charge in [-0.25, -0.2) is 12.8 Å². The van der Waals surface area contributed by atoms with E-state index in [1.807, 2.05) is 0 Å². The number of hydrogen-bond donors (Lipinski definition) is 2. The SMILES string of the molecule is Nc1cc(Cl)cc(S(=O)(=O)Nc2cc(F)ccc2Br)c1Br. The van der Waals surface area contributed by atoms with E-state index in [1.54, 1.807) is 0 Å². The molecule has 0 aliphatic heterocycles. The van der Waals surface area contributed by atoms with Gasteiger partial charge in [-0.15, -0.1) is 0 Å². The van der Waals surface area contributed by atoms with Gasteiger partial charge in [-0.05, 0) is 62.2 Å². The van der Waals surface area contributed by atoms with Crippen molar-refractivity contribution in [2.75, 3.05) is 10.5 Å². The first-order chi connectivity index (χ1) is 9.70. The minimum absolute atomic E-state index is 0.0699. The van der Waals surface area contributed by atoms with E-state index in [1.165, 1.54) is 24.3 Å². The molecule has 0 amide bonds. The summed E-state index contributed by atoms with van der Waals surface area (Å²) in [5.74, 6) is -0.569. The maximum atomic E-state index is 13.2. The number of nitrogens with two attached hydrogens (primary N) is 1. The van der Waals surface area contributed by atoms with Crippen LogP contribution in [0.1, 0.15) is 0 Å². The predicted molar refractivity (Wildman–Crippen MR) is 88.5 cm³/mol. The van der Waals surface area contributed by atoms with Gasteiger partial charge in [-0.3, -0.25) is 4.72 Å². The summed E-state index contributed by atoms with van der Waals surface area (Å²) in [6.45, 7) is 0. The Bertz CT molecular complexity index is 815. The lowest BCUT2D eigenvalue weighted by atomic mass is 10.3. The zero-order valence-electron chi connectivity index (χ0n) is 10.2. The van der Waals surface area contributed by atoms with Crippen molar-refractivity contribution >= 4 is 64.9 Å². The molecule has 0 saturated heterocycles. The molecule has 0 aliphatic rings. The lowest BCUT2D eigenvalue weighted by Crippen LogP contribution is -2.14. The average molecular weight is 459 g/mol. The highest BCUT2D eigenvalue weighted by Crippen LogP contribution is 2.33. The van der Waals surface area contributed by atoms with Gasteiger partial charge in [-0.2, -0.15) is 0 Å². The van der Waals surface area contributed by atoms with E-state index in [9.17, 15) is 12.8 Å². The number of nitrogen functional groups attached to an aromatic ring is 1. The van der Waals surface area contributed by atoms with Gasteiger partial charge in [0.25, 0.3) is 10.0 Å². The maximum Gasteiger partial charge on any atom is 0.263 e. The second-order valence-electron chi connectivity index (χ2n) is 4.04. The molecule has 0 heterocycles. The quantitative estimate of drug-likeness (QED) is 0.671. The van der Waals surface area contributed by atoms with Crippen molar-refractivity contribution in [3.63, 3.8) is 0 Å². The highest BCUT2D eigenvalue weighted by atomic mass is 79.9. The Labute approximate surface area is 142 Å². The molecule has 0 fully saturated rings. The third kappa shape index (κ3) is 3.68. The first-order valence-electron chi connectivity index (χ1n) is 5.43. The van der Waals surface area contributed by atoms with E-state index < -0.39 is 15.8 Å². The van der Waals surface area contributed by atoms with Crippen LogP contribution in [0.2, 0.25) is 5.02 Å².